The van der Waals surface area contributed by atoms with Crippen LogP contribution < -0.4 is 5.32 Å². The number of amides is 1. The van der Waals surface area contributed by atoms with Crippen LogP contribution in [0, 0.1) is 0 Å². The van der Waals surface area contributed by atoms with Crippen LogP contribution in [0.25, 0.3) is 0 Å². The molecular weight excluding hydrogens is 314 g/mol. The largest absolute Gasteiger partial charge is 0.463 e. The minimum absolute atomic E-state index is 0.123. The summed E-state index contributed by atoms with van der Waals surface area (Å²) in [6.45, 7) is 8.46. The number of hydrogen-bond acceptors (Lipinski definition) is 7. The second-order valence-electron chi connectivity index (χ2n) is 6.82. The first-order valence-electron chi connectivity index (χ1n) is 8.02. The molecule has 1 saturated heterocycles. The van der Waals surface area contributed by atoms with E-state index in [1.807, 2.05) is 20.8 Å². The third-order valence-corrected chi connectivity index (χ3v) is 3.70. The second-order valence-corrected chi connectivity index (χ2v) is 6.82. The van der Waals surface area contributed by atoms with Crippen molar-refractivity contribution in [1.82, 2.24) is 15.4 Å². The number of nitrogens with zero attached hydrogens (tertiary/aromatic N) is 2. The van der Waals surface area contributed by atoms with Crippen molar-refractivity contribution in [3.05, 3.63) is 17.5 Å². The molecule has 0 bridgehead atoms. The molecule has 8 heteroatoms. The predicted octanol–water partition coefficient (Wildman–Crippen LogP) is 1.78. The van der Waals surface area contributed by atoms with Gasteiger partial charge in [-0.15, -0.1) is 0 Å². The average molecular weight is 339 g/mol. The molecule has 8 nitrogen and oxygen atoms in total. The molecule has 1 atom stereocenters. The summed E-state index contributed by atoms with van der Waals surface area (Å²) in [5, 5.41) is 6.71. The fourth-order valence-electron chi connectivity index (χ4n) is 2.59. The molecule has 1 amide bonds. The maximum atomic E-state index is 11.6. The van der Waals surface area contributed by atoms with E-state index in [1.54, 1.807) is 6.07 Å². The summed E-state index contributed by atoms with van der Waals surface area (Å²) in [6, 6.07) is 1.64. The molecule has 0 spiro atoms. The summed E-state index contributed by atoms with van der Waals surface area (Å²) in [5.41, 5.74) is 0.269. The van der Waals surface area contributed by atoms with Gasteiger partial charge in [-0.05, 0) is 33.7 Å². The van der Waals surface area contributed by atoms with Crippen LogP contribution in [-0.4, -0.2) is 61.0 Å². The van der Waals surface area contributed by atoms with E-state index in [2.05, 4.69) is 20.1 Å². The Kier molecular flexibility index (Phi) is 5.82. The van der Waals surface area contributed by atoms with Gasteiger partial charge in [0.05, 0.1) is 12.8 Å². The number of aromatic nitrogens is 1. The molecule has 1 N–H and O–H groups in total. The first-order valence-corrected chi connectivity index (χ1v) is 8.02. The Morgan fingerprint density at radius 1 is 1.46 bits per heavy atom. The third kappa shape index (κ3) is 5.23. The van der Waals surface area contributed by atoms with Crippen molar-refractivity contribution in [2.45, 2.75) is 38.7 Å². The van der Waals surface area contributed by atoms with E-state index in [-0.39, 0.29) is 11.7 Å². The van der Waals surface area contributed by atoms with Gasteiger partial charge in [0.25, 0.3) is 0 Å². The van der Waals surface area contributed by atoms with Crippen LogP contribution in [0.3, 0.4) is 0 Å². The van der Waals surface area contributed by atoms with Crippen LogP contribution in [0.4, 0.5) is 4.79 Å². The number of hydrogen-bond donors (Lipinski definition) is 1. The summed E-state index contributed by atoms with van der Waals surface area (Å²) < 4.78 is 14.8. The molecule has 1 aliphatic rings. The van der Waals surface area contributed by atoms with Crippen molar-refractivity contribution >= 4 is 12.1 Å². The Bertz CT molecular complexity index is 579. The normalized spacial score (nSPS) is 18.4. The third-order valence-electron chi connectivity index (χ3n) is 3.70. The number of alkyl carbamates (subject to hydrolysis) is 1. The molecule has 134 valence electrons. The lowest BCUT2D eigenvalue weighted by atomic mass is 10.1. The molecule has 1 aromatic heterocycles. The van der Waals surface area contributed by atoms with Gasteiger partial charge in [-0.1, -0.05) is 5.16 Å². The van der Waals surface area contributed by atoms with Gasteiger partial charge in [0.2, 0.25) is 5.76 Å². The van der Waals surface area contributed by atoms with E-state index in [0.717, 1.165) is 31.7 Å². The highest BCUT2D eigenvalue weighted by atomic mass is 16.6. The zero-order valence-corrected chi connectivity index (χ0v) is 14.6. The first-order chi connectivity index (χ1) is 11.3. The van der Waals surface area contributed by atoms with Gasteiger partial charge in [0, 0.05) is 31.6 Å². The van der Waals surface area contributed by atoms with Gasteiger partial charge in [-0.25, -0.2) is 9.59 Å². The minimum atomic E-state index is -0.523. The van der Waals surface area contributed by atoms with Crippen molar-refractivity contribution < 1.29 is 23.6 Å². The Hall–Kier alpha value is -2.09. The highest BCUT2D eigenvalue weighted by Crippen LogP contribution is 2.26. The number of carbonyl (C=O) groups excluding carboxylic acids is 2. The highest BCUT2D eigenvalue weighted by Gasteiger charge is 2.27. The van der Waals surface area contributed by atoms with E-state index in [0.29, 0.717) is 6.54 Å². The predicted molar refractivity (Wildman–Crippen MR) is 85.9 cm³/mol. The van der Waals surface area contributed by atoms with Gasteiger partial charge in [0.15, 0.2) is 0 Å². The zero-order chi connectivity index (χ0) is 17.7. The molecule has 2 heterocycles. The summed E-state index contributed by atoms with van der Waals surface area (Å²) in [4.78, 5) is 25.2. The molecule has 0 aliphatic carbocycles. The number of carbonyl (C=O) groups is 2. The number of nitrogens with one attached hydrogen (secondary N) is 1. The van der Waals surface area contributed by atoms with Crippen molar-refractivity contribution in [3.63, 3.8) is 0 Å². The van der Waals surface area contributed by atoms with Crippen LogP contribution in [0.2, 0.25) is 0 Å². The first kappa shape index (κ1) is 18.3. The van der Waals surface area contributed by atoms with Gasteiger partial charge in [0.1, 0.15) is 5.60 Å². The van der Waals surface area contributed by atoms with Crippen LogP contribution >= 0.6 is 0 Å². The van der Waals surface area contributed by atoms with Crippen LogP contribution in [0.15, 0.2) is 10.6 Å². The maximum absolute atomic E-state index is 11.6. The monoisotopic (exact) mass is 339 g/mol. The van der Waals surface area contributed by atoms with E-state index in [4.69, 9.17) is 9.26 Å². The molecule has 0 aromatic carbocycles. The number of esters is 1. The molecule has 0 radical (unpaired) electrons. The lowest BCUT2D eigenvalue weighted by molar-refractivity contribution is 0.0520. The zero-order valence-electron chi connectivity index (χ0n) is 14.6. The second kappa shape index (κ2) is 7.65. The van der Waals surface area contributed by atoms with Crippen LogP contribution in [0.1, 0.15) is 49.4 Å². The molecular formula is C16H25N3O5. The Morgan fingerprint density at radius 2 is 2.21 bits per heavy atom. The molecule has 1 unspecified atom stereocenters. The van der Waals surface area contributed by atoms with Crippen molar-refractivity contribution in [2.24, 2.45) is 0 Å². The van der Waals surface area contributed by atoms with Gasteiger partial charge in [-0.3, -0.25) is 0 Å². The summed E-state index contributed by atoms with van der Waals surface area (Å²) >= 11 is 0. The van der Waals surface area contributed by atoms with Crippen LogP contribution in [0.5, 0.6) is 0 Å². The SMILES string of the molecule is COC(=O)c1cc(C2CCN(CCNC(=O)OC(C)(C)C)C2)no1. The minimum Gasteiger partial charge on any atom is -0.463 e. The summed E-state index contributed by atoms with van der Waals surface area (Å²) in [5.74, 6) is -0.184. The lowest BCUT2D eigenvalue weighted by Gasteiger charge is -2.21. The Labute approximate surface area is 141 Å². The van der Waals surface area contributed by atoms with Crippen molar-refractivity contribution in [1.29, 1.82) is 0 Å². The smallest absolute Gasteiger partial charge is 0.407 e. The van der Waals surface area contributed by atoms with Crippen molar-refractivity contribution in [2.75, 3.05) is 33.3 Å². The van der Waals surface area contributed by atoms with Gasteiger partial charge >= 0.3 is 12.1 Å². The molecule has 2 rings (SSSR count). The summed E-state index contributed by atoms with van der Waals surface area (Å²) in [7, 11) is 1.31. The lowest BCUT2D eigenvalue weighted by Crippen LogP contribution is -2.37. The van der Waals surface area contributed by atoms with Crippen LogP contribution in [-0.2, 0) is 9.47 Å². The Balaban J connectivity index is 1.74. The fourth-order valence-corrected chi connectivity index (χ4v) is 2.59. The van der Waals surface area contributed by atoms with Gasteiger partial charge < -0.3 is 24.2 Å². The molecule has 1 aliphatic heterocycles. The van der Waals surface area contributed by atoms with E-state index in [1.165, 1.54) is 7.11 Å². The molecule has 0 saturated carbocycles. The standard InChI is InChI=1S/C16H25N3O5/c1-16(2,3)23-15(21)17-6-8-19-7-5-11(10-19)12-9-13(24-18-12)14(20)22-4/h9,11H,5-8,10H2,1-4H3,(H,17,21). The van der Waals surface area contributed by atoms with E-state index < -0.39 is 17.7 Å². The maximum Gasteiger partial charge on any atom is 0.407 e. The fraction of sp³-hybridized carbons (Fsp3) is 0.688. The molecule has 24 heavy (non-hydrogen) atoms. The number of ether oxygens (including phenoxy) is 2. The number of methoxy groups -OCH3 is 1. The molecule has 1 fully saturated rings. The number of likely N-dealkylation sites (tertiary alicyclic amines) is 1. The summed E-state index contributed by atoms with van der Waals surface area (Å²) in [6.07, 6.45) is 0.525. The molecule has 1 aromatic rings. The van der Waals surface area contributed by atoms with E-state index >= 15 is 0 Å². The Morgan fingerprint density at radius 3 is 2.88 bits per heavy atom. The average Bonchev–Trinajstić information content (AvgIpc) is 3.13. The van der Waals surface area contributed by atoms with Gasteiger partial charge in [-0.2, -0.15) is 0 Å². The van der Waals surface area contributed by atoms with E-state index in [9.17, 15) is 9.59 Å². The van der Waals surface area contributed by atoms with Crippen molar-refractivity contribution in [3.8, 4) is 0 Å². The quantitative estimate of drug-likeness (QED) is 0.817. The number of rotatable bonds is 5. The topological polar surface area (TPSA) is 93.9 Å². The highest BCUT2D eigenvalue weighted by molar-refractivity contribution is 5.86.